The van der Waals surface area contributed by atoms with Crippen LogP contribution in [0.25, 0.3) is 12.2 Å². The number of methoxy groups -OCH3 is 2. The summed E-state index contributed by atoms with van der Waals surface area (Å²) in [5.74, 6) is 1.56. The van der Waals surface area contributed by atoms with E-state index in [9.17, 15) is 4.79 Å². The zero-order valence-electron chi connectivity index (χ0n) is 22.1. The lowest BCUT2D eigenvalue weighted by Crippen LogP contribution is -2.32. The van der Waals surface area contributed by atoms with E-state index in [0.29, 0.717) is 27.5 Å². The van der Waals surface area contributed by atoms with E-state index < -0.39 is 0 Å². The van der Waals surface area contributed by atoms with Gasteiger partial charge in [-0.05, 0) is 89.6 Å². The molecule has 0 saturated heterocycles. The molecular weight excluding hydrogens is 531 g/mol. The summed E-state index contributed by atoms with van der Waals surface area (Å²) < 4.78 is 10.7. The molecule has 3 atom stereocenters. The Balaban J connectivity index is 1.51. The van der Waals surface area contributed by atoms with Crippen LogP contribution < -0.4 is 9.47 Å². The summed E-state index contributed by atoms with van der Waals surface area (Å²) in [5, 5.41) is 7.96. The van der Waals surface area contributed by atoms with E-state index in [1.807, 2.05) is 66.7 Å². The Bertz CT molecular complexity index is 1450. The molecule has 1 aliphatic heterocycles. The third kappa shape index (κ3) is 5.90. The van der Waals surface area contributed by atoms with Crippen molar-refractivity contribution >= 4 is 47.0 Å². The number of ether oxygens (including phenoxy) is 2. The van der Waals surface area contributed by atoms with Crippen molar-refractivity contribution in [2.75, 3.05) is 14.2 Å². The molecule has 0 unspecified atom stereocenters. The van der Waals surface area contributed by atoms with Crippen molar-refractivity contribution in [3.8, 4) is 11.5 Å². The number of carbonyl (C=O) groups is 1. The number of amides is 1. The van der Waals surface area contributed by atoms with Gasteiger partial charge in [0.1, 0.15) is 0 Å². The number of halogens is 2. The average Bonchev–Trinajstić information content (AvgIpc) is 3.32. The molecule has 1 amide bonds. The van der Waals surface area contributed by atoms with Crippen molar-refractivity contribution in [2.45, 2.75) is 25.8 Å². The van der Waals surface area contributed by atoms with Gasteiger partial charge in [-0.1, -0.05) is 60.5 Å². The number of hydrogen-bond donors (Lipinski definition) is 0. The third-order valence-electron chi connectivity index (χ3n) is 7.24. The molecule has 3 aromatic rings. The number of carbonyl (C=O) groups excluding carboxylic acids is 1. The van der Waals surface area contributed by atoms with Gasteiger partial charge in [-0.15, -0.1) is 0 Å². The van der Waals surface area contributed by atoms with E-state index in [0.717, 1.165) is 40.8 Å². The van der Waals surface area contributed by atoms with Crippen molar-refractivity contribution in [3.05, 3.63) is 105 Å². The van der Waals surface area contributed by atoms with Gasteiger partial charge in [0.15, 0.2) is 11.5 Å². The van der Waals surface area contributed by atoms with Crippen molar-refractivity contribution in [1.82, 2.24) is 5.01 Å². The average molecular weight is 562 g/mol. The molecule has 0 radical (unpaired) electrons. The second-order valence-corrected chi connectivity index (χ2v) is 10.9. The zero-order valence-corrected chi connectivity index (χ0v) is 23.6. The number of benzene rings is 3. The van der Waals surface area contributed by atoms with Crippen LogP contribution in [-0.2, 0) is 4.79 Å². The fourth-order valence-corrected chi connectivity index (χ4v) is 5.68. The number of allylic oxidation sites excluding steroid dienone is 1. The predicted molar refractivity (Wildman–Crippen MR) is 158 cm³/mol. The van der Waals surface area contributed by atoms with Gasteiger partial charge in [0.05, 0.1) is 26.0 Å². The minimum Gasteiger partial charge on any atom is -0.493 e. The molecule has 1 aliphatic carbocycles. The highest BCUT2D eigenvalue weighted by Crippen LogP contribution is 2.46. The van der Waals surface area contributed by atoms with Crippen LogP contribution in [0.1, 0.15) is 42.5 Å². The molecule has 5 rings (SSSR count). The summed E-state index contributed by atoms with van der Waals surface area (Å²) in [6, 6.07) is 20.8. The molecule has 2 aliphatic rings. The van der Waals surface area contributed by atoms with E-state index in [4.69, 9.17) is 37.8 Å². The van der Waals surface area contributed by atoms with E-state index in [2.05, 4.69) is 13.0 Å². The van der Waals surface area contributed by atoms with Crippen molar-refractivity contribution < 1.29 is 14.3 Å². The summed E-state index contributed by atoms with van der Waals surface area (Å²) in [6.07, 6.45) is 7.35. The molecular formula is C32H30Cl2N2O3. The molecule has 0 spiro atoms. The molecule has 1 fully saturated rings. The van der Waals surface area contributed by atoms with Gasteiger partial charge in [-0.25, -0.2) is 5.01 Å². The Kier molecular flexibility index (Phi) is 8.10. The van der Waals surface area contributed by atoms with Crippen LogP contribution in [0.2, 0.25) is 10.0 Å². The molecule has 200 valence electrons. The Morgan fingerprint density at radius 2 is 1.56 bits per heavy atom. The van der Waals surface area contributed by atoms with E-state index in [-0.39, 0.29) is 17.9 Å². The highest BCUT2D eigenvalue weighted by Gasteiger charge is 2.44. The maximum absolute atomic E-state index is 13.7. The Morgan fingerprint density at radius 1 is 0.923 bits per heavy atom. The quantitative estimate of drug-likeness (QED) is 0.286. The number of fused-ring (bicyclic) bond motifs is 1. The Labute approximate surface area is 239 Å². The van der Waals surface area contributed by atoms with Crippen LogP contribution in [-0.4, -0.2) is 30.8 Å². The maximum Gasteiger partial charge on any atom is 0.267 e. The molecule has 1 saturated carbocycles. The van der Waals surface area contributed by atoms with E-state index >= 15 is 0 Å². The first-order valence-electron chi connectivity index (χ1n) is 12.9. The van der Waals surface area contributed by atoms with Crippen LogP contribution in [0.4, 0.5) is 0 Å². The van der Waals surface area contributed by atoms with Gasteiger partial charge in [0.2, 0.25) is 0 Å². The molecule has 39 heavy (non-hydrogen) atoms. The summed E-state index contributed by atoms with van der Waals surface area (Å²) >= 11 is 12.3. The largest absolute Gasteiger partial charge is 0.493 e. The standard InChI is InChI=1S/C32H30Cl2N2O3/c1-20-16-24(18-21-4-10-25(33)11-5-21)31-27(17-20)32(23-8-12-26(34)13-9-23)36(35-31)30(37)15-7-22-6-14-28(38-2)29(19-22)39-3/h4-15,18-20,27,32H,16-17H2,1-3H3/b15-7-,24-18-/t20-,27+,32+/m0/s1. The second-order valence-electron chi connectivity index (χ2n) is 9.98. The minimum absolute atomic E-state index is 0.0758. The lowest BCUT2D eigenvalue weighted by molar-refractivity contribution is -0.128. The maximum atomic E-state index is 13.7. The van der Waals surface area contributed by atoms with Gasteiger partial charge in [0, 0.05) is 22.0 Å². The Morgan fingerprint density at radius 3 is 2.23 bits per heavy atom. The van der Waals surface area contributed by atoms with Gasteiger partial charge in [0.25, 0.3) is 5.91 Å². The fourth-order valence-electron chi connectivity index (χ4n) is 5.43. The molecule has 7 heteroatoms. The first-order valence-corrected chi connectivity index (χ1v) is 13.7. The summed E-state index contributed by atoms with van der Waals surface area (Å²) in [5.41, 5.74) is 5.02. The predicted octanol–water partition coefficient (Wildman–Crippen LogP) is 8.09. The lowest BCUT2D eigenvalue weighted by atomic mass is 9.73. The molecule has 0 bridgehead atoms. The minimum atomic E-state index is -0.226. The summed E-state index contributed by atoms with van der Waals surface area (Å²) in [6.45, 7) is 2.26. The molecule has 0 N–H and O–H groups in total. The van der Waals surface area contributed by atoms with Gasteiger partial charge in [-0.2, -0.15) is 5.10 Å². The molecule has 1 heterocycles. The van der Waals surface area contributed by atoms with Crippen LogP contribution in [0, 0.1) is 11.8 Å². The lowest BCUT2D eigenvalue weighted by Gasteiger charge is -2.32. The first kappa shape index (κ1) is 27.0. The SMILES string of the molecule is COc1ccc(/C=C\C(=O)N2N=C3/C(=C\c4ccc(Cl)cc4)C[C@H](C)C[C@H]3[C@H]2c2ccc(Cl)cc2)cc1OC. The van der Waals surface area contributed by atoms with Crippen LogP contribution in [0.15, 0.2) is 83.5 Å². The number of rotatable bonds is 6. The topological polar surface area (TPSA) is 51.1 Å². The highest BCUT2D eigenvalue weighted by molar-refractivity contribution is 6.30. The zero-order chi connectivity index (χ0) is 27.5. The van der Waals surface area contributed by atoms with Gasteiger partial charge in [-0.3, -0.25) is 4.79 Å². The first-order chi connectivity index (χ1) is 18.9. The van der Waals surface area contributed by atoms with Crippen molar-refractivity contribution in [3.63, 3.8) is 0 Å². The smallest absolute Gasteiger partial charge is 0.267 e. The summed E-state index contributed by atoms with van der Waals surface area (Å²) in [7, 11) is 3.18. The van der Waals surface area contributed by atoms with Crippen LogP contribution in [0.5, 0.6) is 11.5 Å². The second kappa shape index (κ2) is 11.7. The molecule has 3 aromatic carbocycles. The fraction of sp³-hybridized carbons (Fsp3) is 0.250. The molecule has 0 aromatic heterocycles. The van der Waals surface area contributed by atoms with E-state index in [1.54, 1.807) is 31.4 Å². The third-order valence-corrected chi connectivity index (χ3v) is 7.74. The monoisotopic (exact) mass is 560 g/mol. The Hall–Kier alpha value is -3.54. The van der Waals surface area contributed by atoms with Gasteiger partial charge < -0.3 is 9.47 Å². The van der Waals surface area contributed by atoms with Crippen LogP contribution in [0.3, 0.4) is 0 Å². The molecule has 5 nitrogen and oxygen atoms in total. The van der Waals surface area contributed by atoms with Crippen molar-refractivity contribution in [2.24, 2.45) is 16.9 Å². The van der Waals surface area contributed by atoms with Crippen LogP contribution >= 0.6 is 23.2 Å². The normalized spacial score (nSPS) is 21.7. The van der Waals surface area contributed by atoms with Crippen molar-refractivity contribution in [1.29, 1.82) is 0 Å². The number of hydrazone groups is 1. The highest BCUT2D eigenvalue weighted by atomic mass is 35.5. The summed E-state index contributed by atoms with van der Waals surface area (Å²) in [4.78, 5) is 13.7. The van der Waals surface area contributed by atoms with Gasteiger partial charge >= 0.3 is 0 Å². The number of nitrogens with zero attached hydrogens (tertiary/aromatic N) is 2. The number of hydrogen-bond acceptors (Lipinski definition) is 4. The van der Waals surface area contributed by atoms with E-state index in [1.165, 1.54) is 0 Å².